The normalized spacial score (nSPS) is 11.2. The molecule has 0 aliphatic carbocycles. The molecule has 0 amide bonds. The quantitative estimate of drug-likeness (QED) is 0.0318. The third kappa shape index (κ3) is 18.7. The summed E-state index contributed by atoms with van der Waals surface area (Å²) in [5.74, 6) is 3.01. The van der Waals surface area contributed by atoms with E-state index in [1.807, 2.05) is 0 Å². The summed E-state index contributed by atoms with van der Waals surface area (Å²) in [4.78, 5) is 17.1. The molecule has 0 saturated heterocycles. The van der Waals surface area contributed by atoms with Crippen molar-refractivity contribution in [1.82, 2.24) is 0 Å². The highest BCUT2D eigenvalue weighted by molar-refractivity contribution is 6.07. The fourth-order valence-corrected chi connectivity index (χ4v) is 13.7. The van der Waals surface area contributed by atoms with Gasteiger partial charge >= 0.3 is 0 Å². The second-order valence-electron chi connectivity index (χ2n) is 29.3. The zero-order chi connectivity index (χ0) is 77.5. The lowest BCUT2D eigenvalue weighted by atomic mass is 9.85. The first-order chi connectivity index (χ1) is 53.1. The van der Waals surface area contributed by atoms with Crippen LogP contribution in [0.1, 0.15) is 66.8 Å². The van der Waals surface area contributed by atoms with Crippen molar-refractivity contribution in [3.8, 4) is 23.0 Å². The van der Waals surface area contributed by atoms with Gasteiger partial charge in [0.25, 0.3) is 0 Å². The number of hydrogen-bond donors (Lipinski definition) is 0. The van der Waals surface area contributed by atoms with E-state index in [2.05, 4.69) is 443 Å². The van der Waals surface area contributed by atoms with Gasteiger partial charge in [0.15, 0.2) is 0 Å². The molecule has 0 aromatic heterocycles. The van der Waals surface area contributed by atoms with Crippen LogP contribution in [-0.2, 0) is 0 Å². The monoisotopic (exact) mass is 1460 g/mol. The van der Waals surface area contributed by atoms with Gasteiger partial charge < -0.3 is 58.1 Å². The van der Waals surface area contributed by atoms with Crippen molar-refractivity contribution < 1.29 is 18.9 Å². The number of benzene rings is 12. The van der Waals surface area contributed by atoms with Gasteiger partial charge in [0.05, 0.1) is 0 Å². The number of nitrogens with zero attached hydrogens (tertiary/aromatic N) is 8. The summed E-state index contributed by atoms with van der Waals surface area (Å²) < 4.78 is 25.8. The molecule has 0 spiro atoms. The highest BCUT2D eigenvalue weighted by atomic mass is 16.5. The summed E-state index contributed by atoms with van der Waals surface area (Å²) in [7, 11) is 33.2. The number of rotatable bonds is 30. The topological polar surface area (TPSA) is 62.8 Å². The second kappa shape index (κ2) is 35.5. The van der Waals surface area contributed by atoms with Crippen molar-refractivity contribution in [2.75, 3.05) is 178 Å². The van der Waals surface area contributed by atoms with Gasteiger partial charge in [-0.1, -0.05) is 146 Å². The van der Waals surface area contributed by atoms with Crippen molar-refractivity contribution in [3.05, 3.63) is 358 Å². The minimum Gasteiger partial charge on any atom is -0.490 e. The zero-order valence-corrected chi connectivity index (χ0v) is 66.8. The van der Waals surface area contributed by atoms with Gasteiger partial charge in [0, 0.05) is 158 Å². The lowest BCUT2D eigenvalue weighted by Gasteiger charge is -2.21. The Bertz CT molecular complexity index is 4640. The van der Waals surface area contributed by atoms with Gasteiger partial charge in [-0.3, -0.25) is 0 Å². The van der Waals surface area contributed by atoms with Gasteiger partial charge in [-0.2, -0.15) is 0 Å². The Kier molecular flexibility index (Phi) is 24.8. The SMILES string of the molecule is CN(C)c1ccc(C(=C(c2ccc(N(C)C)cc2)c2ccc(N(C)C)cc2)c2ccc(OCCOc3ccc(/C(=C(\c4ccc(OCCOc5ccc(C(=C(c6ccc(N(C)C)cc6)c6ccc(N(C)C)cc6)c6ccc(N(C)C)cc6)cc5)cc4)c4ccc(N(C)C)cc4)c4ccc(N(C)C)cc4)cc3)cc2)cc1. The minimum absolute atomic E-state index is 0.349. The third-order valence-electron chi connectivity index (χ3n) is 19.9. The first-order valence-electron chi connectivity index (χ1n) is 37.5. The maximum atomic E-state index is 6.47. The first kappa shape index (κ1) is 77.1. The number of anilines is 8. The molecule has 0 aliphatic heterocycles. The molecule has 110 heavy (non-hydrogen) atoms. The molecule has 12 nitrogen and oxygen atoms in total. The molecule has 12 rings (SSSR count). The molecule has 0 aliphatic rings. The third-order valence-corrected chi connectivity index (χ3v) is 19.9. The average Bonchev–Trinajstić information content (AvgIpc) is 0.787. The molecular weight excluding hydrogens is 1350 g/mol. The zero-order valence-electron chi connectivity index (χ0n) is 66.8. The fraction of sp³-hybridized carbons (Fsp3) is 0.204. The molecule has 12 heteroatoms. The predicted molar refractivity (Wildman–Crippen MR) is 469 cm³/mol. The summed E-state index contributed by atoms with van der Waals surface area (Å²) in [6.07, 6.45) is 0. The Hall–Kier alpha value is -12.5. The van der Waals surface area contributed by atoms with E-state index in [0.29, 0.717) is 26.4 Å². The van der Waals surface area contributed by atoms with E-state index in [1.54, 1.807) is 0 Å². The number of hydrogen-bond acceptors (Lipinski definition) is 12. The van der Waals surface area contributed by atoms with Crippen molar-refractivity contribution in [2.45, 2.75) is 0 Å². The lowest BCUT2D eigenvalue weighted by Crippen LogP contribution is -2.09. The molecule has 12 aromatic carbocycles. The van der Waals surface area contributed by atoms with Gasteiger partial charge in [0.1, 0.15) is 49.4 Å². The Morgan fingerprint density at radius 2 is 0.236 bits per heavy atom. The van der Waals surface area contributed by atoms with Crippen molar-refractivity contribution in [3.63, 3.8) is 0 Å². The fourth-order valence-electron chi connectivity index (χ4n) is 13.7. The Morgan fingerprint density at radius 3 is 0.327 bits per heavy atom. The Balaban J connectivity index is 0.778. The van der Waals surface area contributed by atoms with Crippen LogP contribution in [0.5, 0.6) is 23.0 Å². The maximum absolute atomic E-state index is 6.47. The standard InChI is InChI=1S/C98H104N8O4/c1-99(2)81-41-17-69(18-42-81)93(70-19-43-82(44-20-70)100(3)4)95(73-25-49-85(50-26-73)103(9)10)77-33-57-89(58-34-77)107-65-67-109-91-61-37-79(38-62-91)97(75-29-53-87(54-30-75)105(13)14)98(76-31-55-88(56-32-76)106(15)16)80-39-63-92(64-40-80)110-68-66-108-90-59-35-78(36-60-90)96(74-27-51-86(52-28-74)104(11)12)94(71-21-45-83(46-22-71)101(5)6)72-23-47-84(48-24-72)102(7)8/h17-64H,65-68H2,1-16H3/b98-97-. The highest BCUT2D eigenvalue weighted by Gasteiger charge is 2.23. The van der Waals surface area contributed by atoms with Gasteiger partial charge in [-0.25, -0.2) is 0 Å². The van der Waals surface area contributed by atoms with Crippen molar-refractivity contribution >= 4 is 78.9 Å². The average molecular weight is 1460 g/mol. The molecule has 0 radical (unpaired) electrons. The molecule has 0 bridgehead atoms. The highest BCUT2D eigenvalue weighted by Crippen LogP contribution is 2.43. The van der Waals surface area contributed by atoms with Crippen LogP contribution in [0, 0.1) is 0 Å². The van der Waals surface area contributed by atoms with Crippen LogP contribution in [-0.4, -0.2) is 139 Å². The summed E-state index contributed by atoms with van der Waals surface area (Å²) in [6.45, 7) is 1.40. The van der Waals surface area contributed by atoms with Crippen LogP contribution in [0.25, 0.3) is 33.4 Å². The molecule has 0 N–H and O–H groups in total. The van der Waals surface area contributed by atoms with E-state index in [1.165, 1.54) is 0 Å². The van der Waals surface area contributed by atoms with Crippen LogP contribution in [0.4, 0.5) is 45.5 Å². The smallest absolute Gasteiger partial charge is 0.122 e. The first-order valence-corrected chi connectivity index (χ1v) is 37.5. The Labute approximate surface area is 653 Å². The van der Waals surface area contributed by atoms with Crippen molar-refractivity contribution in [1.29, 1.82) is 0 Å². The van der Waals surface area contributed by atoms with E-state index in [0.717, 1.165) is 169 Å². The van der Waals surface area contributed by atoms with Crippen LogP contribution < -0.4 is 58.1 Å². The molecule has 560 valence electrons. The van der Waals surface area contributed by atoms with Crippen LogP contribution in [0.3, 0.4) is 0 Å². The second-order valence-corrected chi connectivity index (χ2v) is 29.3. The van der Waals surface area contributed by atoms with E-state index in [-0.39, 0.29) is 0 Å². The molecule has 0 saturated carbocycles. The molecule has 0 unspecified atom stereocenters. The lowest BCUT2D eigenvalue weighted by molar-refractivity contribution is 0.217. The molecule has 0 heterocycles. The molecular formula is C98H104N8O4. The predicted octanol–water partition coefficient (Wildman–Crippen LogP) is 20.2. The van der Waals surface area contributed by atoms with E-state index < -0.39 is 0 Å². The van der Waals surface area contributed by atoms with Gasteiger partial charge in [-0.15, -0.1) is 0 Å². The molecule has 12 aromatic rings. The summed E-state index contributed by atoms with van der Waals surface area (Å²) in [5, 5.41) is 0. The number of ether oxygens (including phenoxy) is 4. The maximum Gasteiger partial charge on any atom is 0.122 e. The van der Waals surface area contributed by atoms with Crippen LogP contribution in [0.2, 0.25) is 0 Å². The Morgan fingerprint density at radius 1 is 0.145 bits per heavy atom. The van der Waals surface area contributed by atoms with E-state index >= 15 is 0 Å². The summed E-state index contributed by atoms with van der Waals surface area (Å²) in [6, 6.07) is 105. The largest absolute Gasteiger partial charge is 0.490 e. The summed E-state index contributed by atoms with van der Waals surface area (Å²) >= 11 is 0. The van der Waals surface area contributed by atoms with Crippen LogP contribution in [0.15, 0.2) is 291 Å². The minimum atomic E-state index is 0.349. The summed E-state index contributed by atoms with van der Waals surface area (Å²) in [5.41, 5.74) is 28.9. The molecule has 0 fully saturated rings. The van der Waals surface area contributed by atoms with Crippen molar-refractivity contribution in [2.24, 2.45) is 0 Å². The van der Waals surface area contributed by atoms with Crippen LogP contribution >= 0.6 is 0 Å². The molecule has 0 atom stereocenters. The van der Waals surface area contributed by atoms with E-state index in [9.17, 15) is 0 Å². The van der Waals surface area contributed by atoms with Gasteiger partial charge in [-0.05, 0) is 246 Å². The van der Waals surface area contributed by atoms with E-state index in [4.69, 9.17) is 18.9 Å². The van der Waals surface area contributed by atoms with Gasteiger partial charge in [0.2, 0.25) is 0 Å².